The molecule has 0 saturated carbocycles. The summed E-state index contributed by atoms with van der Waals surface area (Å²) in [7, 11) is 1.55. The van der Waals surface area contributed by atoms with Crippen LogP contribution in [0.15, 0.2) is 11.6 Å². The molecule has 0 bridgehead atoms. The highest BCUT2D eigenvalue weighted by molar-refractivity contribution is 7.03. The number of aromatic amines is 1. The maximum absolute atomic E-state index is 11.8. The summed E-state index contributed by atoms with van der Waals surface area (Å²) >= 11 is 1.32. The zero-order valence-electron chi connectivity index (χ0n) is 10.1. The normalized spacial score (nSPS) is 17.7. The molecule has 2 aromatic rings. The Bertz CT molecular complexity index is 634. The van der Waals surface area contributed by atoms with E-state index in [1.807, 2.05) is 5.38 Å². The van der Waals surface area contributed by atoms with Gasteiger partial charge in [-0.15, -0.1) is 0 Å². The largest absolute Gasteiger partial charge is 0.354 e. The molecule has 1 aliphatic heterocycles. The number of nitrogens with one attached hydrogen (secondary N) is 3. The Kier molecular flexibility index (Phi) is 2.79. The predicted octanol–water partition coefficient (Wildman–Crippen LogP) is 0.700. The van der Waals surface area contributed by atoms with E-state index in [4.69, 9.17) is 0 Å². The van der Waals surface area contributed by atoms with Gasteiger partial charge < -0.3 is 10.6 Å². The first-order valence-corrected chi connectivity index (χ1v) is 6.53. The van der Waals surface area contributed by atoms with E-state index < -0.39 is 0 Å². The summed E-state index contributed by atoms with van der Waals surface area (Å²) in [5.74, 6) is -0.128. The molecule has 0 aliphatic carbocycles. The van der Waals surface area contributed by atoms with Crippen LogP contribution in [0.1, 0.15) is 34.0 Å². The summed E-state index contributed by atoms with van der Waals surface area (Å²) in [6.45, 7) is 0. The number of fused-ring (bicyclic) bond motifs is 1. The van der Waals surface area contributed by atoms with Crippen molar-refractivity contribution in [2.75, 3.05) is 12.4 Å². The zero-order valence-corrected chi connectivity index (χ0v) is 10.9. The van der Waals surface area contributed by atoms with E-state index in [2.05, 4.69) is 25.2 Å². The van der Waals surface area contributed by atoms with Gasteiger partial charge in [-0.3, -0.25) is 14.7 Å². The van der Waals surface area contributed by atoms with Crippen molar-refractivity contribution >= 4 is 29.2 Å². The summed E-state index contributed by atoms with van der Waals surface area (Å²) in [5, 5.41) is 13.8. The average molecular weight is 277 g/mol. The molecule has 19 heavy (non-hydrogen) atoms. The van der Waals surface area contributed by atoms with Gasteiger partial charge in [0.05, 0.1) is 0 Å². The van der Waals surface area contributed by atoms with Crippen molar-refractivity contribution in [2.24, 2.45) is 0 Å². The number of H-pyrrole nitrogens is 1. The lowest BCUT2D eigenvalue weighted by atomic mass is 9.87. The Hall–Kier alpha value is -2.22. The second-order valence-electron chi connectivity index (χ2n) is 4.20. The van der Waals surface area contributed by atoms with Crippen molar-refractivity contribution in [2.45, 2.75) is 12.3 Å². The Morgan fingerprint density at radius 1 is 1.58 bits per heavy atom. The lowest BCUT2D eigenvalue weighted by Gasteiger charge is -2.21. The van der Waals surface area contributed by atoms with E-state index in [0.717, 1.165) is 11.1 Å². The molecule has 1 atom stereocenters. The van der Waals surface area contributed by atoms with Crippen LogP contribution in [-0.4, -0.2) is 33.4 Å². The molecule has 1 aliphatic rings. The molecule has 2 aromatic heterocycles. The minimum Gasteiger partial charge on any atom is -0.354 e. The van der Waals surface area contributed by atoms with Crippen molar-refractivity contribution in [3.8, 4) is 0 Å². The van der Waals surface area contributed by atoms with Gasteiger partial charge in [0.2, 0.25) is 5.91 Å². The Labute approximate surface area is 112 Å². The maximum Gasteiger partial charge on any atom is 0.269 e. The van der Waals surface area contributed by atoms with Crippen LogP contribution in [0.3, 0.4) is 0 Å². The summed E-state index contributed by atoms with van der Waals surface area (Å²) in [4.78, 5) is 23.5. The molecule has 1 unspecified atom stereocenters. The number of nitrogens with zero attached hydrogens (tertiary/aromatic N) is 2. The number of hydrogen-bond donors (Lipinski definition) is 3. The standard InChI is InChI=1S/C11H11N5O2S/c1-12-11(18)9-8-6(5-3-13-19-4-5)2-7(17)14-10(8)16-15-9/h3-4,6H,2H2,1H3,(H,12,18)(H2,14,15,16,17). The first-order chi connectivity index (χ1) is 9.20. The van der Waals surface area contributed by atoms with Crippen molar-refractivity contribution in [3.05, 3.63) is 28.4 Å². The highest BCUT2D eigenvalue weighted by Crippen LogP contribution is 2.38. The molecule has 3 N–H and O–H groups in total. The third-order valence-corrected chi connectivity index (χ3v) is 3.71. The zero-order chi connectivity index (χ0) is 13.4. The number of anilines is 1. The van der Waals surface area contributed by atoms with Crippen molar-refractivity contribution in [1.29, 1.82) is 0 Å². The Balaban J connectivity index is 2.12. The third kappa shape index (κ3) is 1.89. The molecule has 0 radical (unpaired) electrons. The predicted molar refractivity (Wildman–Crippen MR) is 69.2 cm³/mol. The van der Waals surface area contributed by atoms with Gasteiger partial charge in [0.1, 0.15) is 5.69 Å². The van der Waals surface area contributed by atoms with Gasteiger partial charge >= 0.3 is 0 Å². The van der Waals surface area contributed by atoms with E-state index >= 15 is 0 Å². The summed E-state index contributed by atoms with van der Waals surface area (Å²) < 4.78 is 4.05. The average Bonchev–Trinajstić information content (AvgIpc) is 3.05. The number of rotatable bonds is 2. The van der Waals surface area contributed by atoms with E-state index in [9.17, 15) is 9.59 Å². The third-order valence-electron chi connectivity index (χ3n) is 3.11. The molecule has 7 nitrogen and oxygen atoms in total. The van der Waals surface area contributed by atoms with Crippen LogP contribution in [0.4, 0.5) is 5.82 Å². The van der Waals surface area contributed by atoms with E-state index in [0.29, 0.717) is 11.5 Å². The van der Waals surface area contributed by atoms with Crippen LogP contribution in [0, 0.1) is 0 Å². The monoisotopic (exact) mass is 277 g/mol. The van der Waals surface area contributed by atoms with Gasteiger partial charge in [0, 0.05) is 36.5 Å². The lowest BCUT2D eigenvalue weighted by molar-refractivity contribution is -0.116. The molecule has 0 spiro atoms. The van der Waals surface area contributed by atoms with Crippen molar-refractivity contribution < 1.29 is 9.59 Å². The number of carbonyl (C=O) groups is 2. The molecular formula is C11H11N5O2S. The van der Waals surface area contributed by atoms with Gasteiger partial charge in [-0.05, 0) is 17.1 Å². The number of hydrogen-bond acceptors (Lipinski definition) is 5. The maximum atomic E-state index is 11.8. The fourth-order valence-corrected chi connectivity index (χ4v) is 2.81. The second-order valence-corrected chi connectivity index (χ2v) is 4.86. The first kappa shape index (κ1) is 11.8. The van der Waals surface area contributed by atoms with Gasteiger partial charge in [0.15, 0.2) is 5.82 Å². The number of aromatic nitrogens is 3. The molecule has 0 aromatic carbocycles. The van der Waals surface area contributed by atoms with Crippen LogP contribution < -0.4 is 10.6 Å². The molecule has 98 valence electrons. The van der Waals surface area contributed by atoms with E-state index in [1.54, 1.807) is 13.2 Å². The van der Waals surface area contributed by atoms with E-state index in [-0.39, 0.29) is 24.2 Å². The van der Waals surface area contributed by atoms with Crippen LogP contribution in [0.25, 0.3) is 0 Å². The van der Waals surface area contributed by atoms with Crippen LogP contribution in [0.5, 0.6) is 0 Å². The fraction of sp³-hybridized carbons (Fsp3) is 0.273. The van der Waals surface area contributed by atoms with Gasteiger partial charge in [-0.1, -0.05) is 0 Å². The quantitative estimate of drug-likeness (QED) is 0.752. The van der Waals surface area contributed by atoms with Crippen LogP contribution in [0.2, 0.25) is 0 Å². The minimum absolute atomic E-state index is 0.112. The van der Waals surface area contributed by atoms with Gasteiger partial charge in [0.25, 0.3) is 5.91 Å². The Morgan fingerprint density at radius 3 is 3.11 bits per heavy atom. The van der Waals surface area contributed by atoms with Gasteiger partial charge in [-0.2, -0.15) is 5.10 Å². The molecule has 2 amide bonds. The summed E-state index contributed by atoms with van der Waals surface area (Å²) in [6.07, 6.45) is 2.01. The summed E-state index contributed by atoms with van der Waals surface area (Å²) in [6, 6.07) is 0. The molecule has 0 fully saturated rings. The highest BCUT2D eigenvalue weighted by atomic mass is 32.1. The van der Waals surface area contributed by atoms with E-state index in [1.165, 1.54) is 11.5 Å². The molecule has 3 heterocycles. The smallest absolute Gasteiger partial charge is 0.269 e. The van der Waals surface area contributed by atoms with Crippen LogP contribution in [-0.2, 0) is 4.79 Å². The Morgan fingerprint density at radius 2 is 2.42 bits per heavy atom. The van der Waals surface area contributed by atoms with Gasteiger partial charge in [-0.25, -0.2) is 4.37 Å². The first-order valence-electron chi connectivity index (χ1n) is 5.70. The fourth-order valence-electron chi connectivity index (χ4n) is 2.22. The molecule has 0 saturated heterocycles. The summed E-state index contributed by atoms with van der Waals surface area (Å²) in [5.41, 5.74) is 2.03. The molecule has 3 rings (SSSR count). The minimum atomic E-state index is -0.252. The van der Waals surface area contributed by atoms with Crippen molar-refractivity contribution in [3.63, 3.8) is 0 Å². The SMILES string of the molecule is CNC(=O)c1[nH]nc2c1C(c1cnsc1)CC(=O)N2. The highest BCUT2D eigenvalue weighted by Gasteiger charge is 2.33. The molecule has 8 heteroatoms. The van der Waals surface area contributed by atoms with Crippen LogP contribution >= 0.6 is 11.5 Å². The van der Waals surface area contributed by atoms with Crippen molar-refractivity contribution in [1.82, 2.24) is 19.9 Å². The topological polar surface area (TPSA) is 99.8 Å². The number of carbonyl (C=O) groups excluding carboxylic acids is 2. The lowest BCUT2D eigenvalue weighted by Crippen LogP contribution is -2.26. The second kappa shape index (κ2) is 4.47. The number of amides is 2. The molecular weight excluding hydrogens is 266 g/mol.